The maximum absolute atomic E-state index is 11.0. The highest BCUT2D eigenvalue weighted by molar-refractivity contribution is 9.11. The highest BCUT2D eigenvalue weighted by atomic mass is 79.9. The van der Waals surface area contributed by atoms with Crippen molar-refractivity contribution in [2.45, 2.75) is 6.61 Å². The lowest BCUT2D eigenvalue weighted by atomic mass is 10.2. The van der Waals surface area contributed by atoms with Crippen molar-refractivity contribution in [1.82, 2.24) is 4.98 Å². The fourth-order valence-corrected chi connectivity index (χ4v) is 4.04. The first-order valence-electron chi connectivity index (χ1n) is 8.19. The molecule has 1 aromatic heterocycles. The number of hydrogen-bond donors (Lipinski definition) is 1. The highest BCUT2D eigenvalue weighted by Crippen LogP contribution is 2.35. The summed E-state index contributed by atoms with van der Waals surface area (Å²) in [6.45, 7) is 0.419. The van der Waals surface area contributed by atoms with Gasteiger partial charge in [-0.15, -0.1) is 0 Å². The van der Waals surface area contributed by atoms with E-state index in [-0.39, 0.29) is 11.5 Å². The molecule has 1 N–H and O–H groups in total. The molecule has 0 spiro atoms. The van der Waals surface area contributed by atoms with Gasteiger partial charge in [-0.05, 0) is 73.3 Å². The van der Waals surface area contributed by atoms with Crippen LogP contribution in [-0.4, -0.2) is 16.1 Å². The van der Waals surface area contributed by atoms with Gasteiger partial charge in [0, 0.05) is 16.7 Å². The summed E-state index contributed by atoms with van der Waals surface area (Å²) in [5.74, 6) is 0.736. The molecule has 7 nitrogen and oxygen atoms in total. The molecule has 29 heavy (non-hydrogen) atoms. The van der Waals surface area contributed by atoms with E-state index in [4.69, 9.17) is 4.74 Å². The number of pyridine rings is 1. The van der Waals surface area contributed by atoms with Crippen molar-refractivity contribution in [3.63, 3.8) is 0 Å². The van der Waals surface area contributed by atoms with Crippen LogP contribution in [0, 0.1) is 10.1 Å². The molecule has 0 saturated carbocycles. The van der Waals surface area contributed by atoms with Crippen LogP contribution < -0.4 is 10.2 Å². The molecule has 0 radical (unpaired) electrons. The average molecular weight is 585 g/mol. The Hall–Kier alpha value is -2.30. The zero-order chi connectivity index (χ0) is 20.8. The number of halogens is 3. The van der Waals surface area contributed by atoms with Gasteiger partial charge in [0.15, 0.2) is 0 Å². The van der Waals surface area contributed by atoms with Crippen LogP contribution in [0.1, 0.15) is 11.1 Å². The zero-order valence-corrected chi connectivity index (χ0v) is 19.4. The normalized spacial score (nSPS) is 10.9. The molecule has 0 atom stereocenters. The van der Waals surface area contributed by atoms with Crippen LogP contribution in [0.3, 0.4) is 0 Å². The lowest BCUT2D eigenvalue weighted by molar-refractivity contribution is -0.384. The largest absolute Gasteiger partial charge is 0.487 e. The van der Waals surface area contributed by atoms with Crippen molar-refractivity contribution in [3.8, 4) is 5.75 Å². The van der Waals surface area contributed by atoms with Crippen molar-refractivity contribution < 1.29 is 9.66 Å². The van der Waals surface area contributed by atoms with Crippen molar-refractivity contribution in [3.05, 3.63) is 89.4 Å². The van der Waals surface area contributed by atoms with Crippen molar-refractivity contribution in [1.29, 1.82) is 0 Å². The summed E-state index contributed by atoms with van der Waals surface area (Å²) < 4.78 is 8.41. The van der Waals surface area contributed by atoms with Gasteiger partial charge in [-0.1, -0.05) is 28.1 Å². The molecule has 0 fully saturated rings. The van der Waals surface area contributed by atoms with Gasteiger partial charge in [0.2, 0.25) is 5.82 Å². The third-order valence-corrected chi connectivity index (χ3v) is 5.39. The number of ether oxygens (including phenoxy) is 1. The summed E-state index contributed by atoms with van der Waals surface area (Å²) in [6.07, 6.45) is 2.99. The van der Waals surface area contributed by atoms with Gasteiger partial charge in [0.25, 0.3) is 0 Å². The molecule has 0 aliphatic heterocycles. The number of hydrazone groups is 1. The molecular weight excluding hydrogens is 572 g/mol. The lowest BCUT2D eigenvalue weighted by Crippen LogP contribution is -2.00. The minimum atomic E-state index is -0.518. The van der Waals surface area contributed by atoms with E-state index in [1.54, 1.807) is 0 Å². The van der Waals surface area contributed by atoms with E-state index < -0.39 is 4.92 Å². The lowest BCUT2D eigenvalue weighted by Gasteiger charge is -2.11. The third kappa shape index (κ3) is 5.84. The molecule has 0 unspecified atom stereocenters. The molecule has 2 aromatic carbocycles. The van der Waals surface area contributed by atoms with Gasteiger partial charge in [0.1, 0.15) is 12.4 Å². The Kier molecular flexibility index (Phi) is 7.34. The first kappa shape index (κ1) is 21.4. The molecule has 3 rings (SSSR count). The number of nitrogens with one attached hydrogen (secondary N) is 1. The first-order valence-corrected chi connectivity index (χ1v) is 10.6. The number of benzene rings is 2. The maximum atomic E-state index is 11.0. The van der Waals surface area contributed by atoms with E-state index >= 15 is 0 Å². The van der Waals surface area contributed by atoms with Gasteiger partial charge < -0.3 is 4.74 Å². The van der Waals surface area contributed by atoms with E-state index in [2.05, 4.69) is 63.3 Å². The Morgan fingerprint density at radius 1 is 1.14 bits per heavy atom. The third-order valence-electron chi connectivity index (χ3n) is 3.68. The van der Waals surface area contributed by atoms with Gasteiger partial charge >= 0.3 is 5.69 Å². The van der Waals surface area contributed by atoms with Crippen LogP contribution in [0.25, 0.3) is 0 Å². The van der Waals surface area contributed by atoms with Crippen LogP contribution in [-0.2, 0) is 6.61 Å². The zero-order valence-electron chi connectivity index (χ0n) is 14.7. The molecule has 0 bridgehead atoms. The van der Waals surface area contributed by atoms with Gasteiger partial charge in [0.05, 0.1) is 20.1 Å². The summed E-state index contributed by atoms with van der Waals surface area (Å²) >= 11 is 10.4. The van der Waals surface area contributed by atoms with Crippen molar-refractivity contribution >= 4 is 65.5 Å². The standard InChI is InChI=1S/C19H13Br3N4O3/c20-14-5-3-12(4-6-14)11-29-18-15(21)8-13(9-16(18)22)10-24-25-19-17(26(27)28)2-1-7-23-19/h1-10H,11H2,(H,23,25)/b24-10-. The topological polar surface area (TPSA) is 89.7 Å². The van der Waals surface area contributed by atoms with Crippen LogP contribution in [0.15, 0.2) is 73.2 Å². The van der Waals surface area contributed by atoms with Crippen LogP contribution in [0.4, 0.5) is 11.5 Å². The number of nitro groups is 1. The summed E-state index contributed by atoms with van der Waals surface area (Å²) in [5.41, 5.74) is 4.25. The SMILES string of the molecule is O=[N+]([O-])c1cccnc1N/N=C\c1cc(Br)c(OCc2ccc(Br)cc2)c(Br)c1. The predicted octanol–water partition coefficient (Wildman–Crippen LogP) is 6.30. The van der Waals surface area contributed by atoms with Gasteiger partial charge in [-0.3, -0.25) is 15.5 Å². The Morgan fingerprint density at radius 3 is 2.48 bits per heavy atom. The Labute approximate surface area is 191 Å². The fourth-order valence-electron chi connectivity index (χ4n) is 2.33. The molecule has 148 valence electrons. The Morgan fingerprint density at radius 2 is 1.83 bits per heavy atom. The summed E-state index contributed by atoms with van der Waals surface area (Å²) in [5, 5.41) is 15.0. The van der Waals surface area contributed by atoms with E-state index in [0.717, 1.165) is 24.5 Å². The quantitative estimate of drug-likeness (QED) is 0.200. The summed E-state index contributed by atoms with van der Waals surface area (Å²) in [4.78, 5) is 14.4. The second kappa shape index (κ2) is 9.95. The Balaban J connectivity index is 1.69. The molecule has 0 aliphatic rings. The molecule has 10 heteroatoms. The molecular formula is C19H13Br3N4O3. The van der Waals surface area contributed by atoms with Crippen LogP contribution in [0.2, 0.25) is 0 Å². The van der Waals surface area contributed by atoms with E-state index in [1.165, 1.54) is 24.5 Å². The molecule has 0 amide bonds. The van der Waals surface area contributed by atoms with Crippen molar-refractivity contribution in [2.24, 2.45) is 5.10 Å². The second-order valence-electron chi connectivity index (χ2n) is 5.73. The highest BCUT2D eigenvalue weighted by Gasteiger charge is 2.13. The Bertz CT molecular complexity index is 1040. The fraction of sp³-hybridized carbons (Fsp3) is 0.0526. The molecule has 0 saturated heterocycles. The molecule has 3 aromatic rings. The van der Waals surface area contributed by atoms with E-state index in [9.17, 15) is 10.1 Å². The number of hydrogen-bond acceptors (Lipinski definition) is 6. The minimum absolute atomic E-state index is 0.0707. The minimum Gasteiger partial charge on any atom is -0.487 e. The van der Waals surface area contributed by atoms with Gasteiger partial charge in [-0.25, -0.2) is 4.98 Å². The van der Waals surface area contributed by atoms with E-state index in [1.807, 2.05) is 36.4 Å². The number of rotatable bonds is 7. The monoisotopic (exact) mass is 582 g/mol. The van der Waals surface area contributed by atoms with Crippen molar-refractivity contribution in [2.75, 3.05) is 5.43 Å². The summed E-state index contributed by atoms with van der Waals surface area (Å²) in [6, 6.07) is 14.4. The number of aromatic nitrogens is 1. The van der Waals surface area contributed by atoms with Crippen LogP contribution in [0.5, 0.6) is 5.75 Å². The summed E-state index contributed by atoms with van der Waals surface area (Å²) in [7, 11) is 0. The smallest absolute Gasteiger partial charge is 0.313 e. The van der Waals surface area contributed by atoms with Crippen LogP contribution >= 0.6 is 47.8 Å². The van der Waals surface area contributed by atoms with E-state index in [0.29, 0.717) is 12.4 Å². The number of nitrogens with zero attached hydrogens (tertiary/aromatic N) is 3. The molecule has 0 aliphatic carbocycles. The molecule has 1 heterocycles. The number of anilines is 1. The second-order valence-corrected chi connectivity index (χ2v) is 8.35. The maximum Gasteiger partial charge on any atom is 0.313 e. The van der Waals surface area contributed by atoms with Gasteiger partial charge in [-0.2, -0.15) is 5.10 Å². The predicted molar refractivity (Wildman–Crippen MR) is 122 cm³/mol. The first-order chi connectivity index (χ1) is 13.9. The average Bonchev–Trinajstić information content (AvgIpc) is 2.69.